The molecule has 1 saturated heterocycles. The van der Waals surface area contributed by atoms with E-state index in [1.165, 1.54) is 5.56 Å². The van der Waals surface area contributed by atoms with Crippen LogP contribution in [0.4, 0.5) is 5.82 Å². The molecule has 0 bridgehead atoms. The van der Waals surface area contributed by atoms with Crippen LogP contribution in [0, 0.1) is 6.92 Å². The van der Waals surface area contributed by atoms with E-state index in [-0.39, 0.29) is 0 Å². The monoisotopic (exact) mass is 438 g/mol. The third-order valence-electron chi connectivity index (χ3n) is 6.49. The lowest BCUT2D eigenvalue weighted by atomic mass is 9.99. The number of nitrogens with zero attached hydrogens (tertiary/aromatic N) is 3. The molecule has 0 saturated carbocycles. The van der Waals surface area contributed by atoms with Crippen molar-refractivity contribution in [3.63, 3.8) is 0 Å². The van der Waals surface area contributed by atoms with Gasteiger partial charge < -0.3 is 15.5 Å². The van der Waals surface area contributed by atoms with E-state index in [0.717, 1.165) is 82.7 Å². The van der Waals surface area contributed by atoms with Crippen molar-refractivity contribution in [2.45, 2.75) is 13.5 Å². The van der Waals surface area contributed by atoms with Crippen molar-refractivity contribution in [2.24, 2.45) is 0 Å². The van der Waals surface area contributed by atoms with Crippen LogP contribution in [0.1, 0.15) is 11.1 Å². The molecule has 1 fully saturated rings. The van der Waals surface area contributed by atoms with E-state index in [2.05, 4.69) is 80.5 Å². The van der Waals surface area contributed by atoms with Gasteiger partial charge in [0.25, 0.3) is 0 Å². The number of nitrogens with two attached hydrogens (primary N) is 1. The highest BCUT2D eigenvalue weighted by Crippen LogP contribution is 2.35. The predicted octanol–water partition coefficient (Wildman–Crippen LogP) is 4.50. The van der Waals surface area contributed by atoms with E-state index in [1.54, 1.807) is 0 Å². The van der Waals surface area contributed by atoms with Crippen molar-refractivity contribution in [3.8, 4) is 22.4 Å². The number of aryl methyl sites for hydroxylation is 1. The van der Waals surface area contributed by atoms with Gasteiger partial charge in [-0.3, -0.25) is 10.00 Å². The molecule has 0 amide bonds. The average molecular weight is 439 g/mol. The van der Waals surface area contributed by atoms with Crippen LogP contribution in [-0.2, 0) is 11.3 Å². The van der Waals surface area contributed by atoms with E-state index in [1.807, 2.05) is 6.20 Å². The smallest absolute Gasteiger partial charge is 0.153 e. The van der Waals surface area contributed by atoms with E-state index in [4.69, 9.17) is 10.5 Å². The maximum Gasteiger partial charge on any atom is 0.153 e. The van der Waals surface area contributed by atoms with Gasteiger partial charge in [-0.25, -0.2) is 4.98 Å². The molecule has 33 heavy (non-hydrogen) atoms. The van der Waals surface area contributed by atoms with Crippen LogP contribution in [-0.4, -0.2) is 51.4 Å². The van der Waals surface area contributed by atoms with E-state index < -0.39 is 0 Å². The summed E-state index contributed by atoms with van der Waals surface area (Å²) in [6.45, 7) is 6.60. The number of aromatic amines is 2. The van der Waals surface area contributed by atoms with Crippen LogP contribution >= 0.6 is 0 Å². The van der Waals surface area contributed by atoms with Crippen LogP contribution in [0.25, 0.3) is 44.3 Å². The maximum absolute atomic E-state index is 6.09. The highest BCUT2D eigenvalue weighted by atomic mass is 16.5. The zero-order valence-corrected chi connectivity index (χ0v) is 18.6. The summed E-state index contributed by atoms with van der Waals surface area (Å²) in [5, 5.41) is 9.24. The maximum atomic E-state index is 6.09. The van der Waals surface area contributed by atoms with E-state index in [0.29, 0.717) is 5.82 Å². The molecule has 4 N–H and O–H groups in total. The first-order valence-electron chi connectivity index (χ1n) is 11.3. The molecule has 7 heteroatoms. The number of H-pyrrole nitrogens is 2. The van der Waals surface area contributed by atoms with Crippen molar-refractivity contribution < 1.29 is 4.74 Å². The molecule has 3 aromatic heterocycles. The van der Waals surface area contributed by atoms with Gasteiger partial charge in [0.1, 0.15) is 5.65 Å². The van der Waals surface area contributed by atoms with Crippen molar-refractivity contribution in [1.82, 2.24) is 25.1 Å². The molecule has 4 heterocycles. The summed E-state index contributed by atoms with van der Waals surface area (Å²) in [4.78, 5) is 10.6. The minimum Gasteiger partial charge on any atom is -0.382 e. The number of nitrogen functional groups attached to an aromatic ring is 1. The molecular formula is C26H26N6O. The number of morpholine rings is 1. The van der Waals surface area contributed by atoms with Gasteiger partial charge in [-0.15, -0.1) is 0 Å². The molecule has 5 aromatic rings. The van der Waals surface area contributed by atoms with Crippen molar-refractivity contribution in [2.75, 3.05) is 32.0 Å². The molecule has 0 spiro atoms. The Labute approximate surface area is 191 Å². The minimum absolute atomic E-state index is 0.520. The Morgan fingerprint density at radius 1 is 1.03 bits per heavy atom. The highest BCUT2D eigenvalue weighted by Gasteiger charge is 2.14. The number of ether oxygens (including phenoxy) is 1. The highest BCUT2D eigenvalue weighted by molar-refractivity contribution is 6.00. The Balaban J connectivity index is 1.39. The van der Waals surface area contributed by atoms with Gasteiger partial charge in [0.2, 0.25) is 0 Å². The zero-order chi connectivity index (χ0) is 22.4. The summed E-state index contributed by atoms with van der Waals surface area (Å²) in [5.74, 6) is 0.520. The Morgan fingerprint density at radius 3 is 2.79 bits per heavy atom. The molecule has 0 aliphatic carbocycles. The lowest BCUT2D eigenvalue weighted by Gasteiger charge is -2.26. The zero-order valence-electron chi connectivity index (χ0n) is 18.6. The predicted molar refractivity (Wildman–Crippen MR) is 132 cm³/mol. The molecule has 1 aliphatic heterocycles. The Hall–Kier alpha value is -3.68. The SMILES string of the molecule is Cc1cc(-c2ccnc3[nH]c(-c4cccc(CN5CCOCC5)c4)cc23)cc2c(N)n[nH]c12. The molecule has 7 nitrogen and oxygen atoms in total. The fourth-order valence-electron chi connectivity index (χ4n) is 4.76. The van der Waals surface area contributed by atoms with Crippen LogP contribution in [0.2, 0.25) is 0 Å². The summed E-state index contributed by atoms with van der Waals surface area (Å²) >= 11 is 0. The second kappa shape index (κ2) is 8.03. The number of fused-ring (bicyclic) bond motifs is 2. The number of hydrogen-bond acceptors (Lipinski definition) is 5. The lowest BCUT2D eigenvalue weighted by molar-refractivity contribution is 0.0342. The molecular weight excluding hydrogens is 412 g/mol. The van der Waals surface area contributed by atoms with Crippen LogP contribution in [0.3, 0.4) is 0 Å². The van der Waals surface area contributed by atoms with Crippen LogP contribution in [0.5, 0.6) is 0 Å². The largest absolute Gasteiger partial charge is 0.382 e. The number of hydrogen-bond donors (Lipinski definition) is 3. The fourth-order valence-corrected chi connectivity index (χ4v) is 4.76. The molecule has 2 aromatic carbocycles. The van der Waals surface area contributed by atoms with E-state index in [9.17, 15) is 0 Å². The summed E-state index contributed by atoms with van der Waals surface area (Å²) < 4.78 is 5.48. The number of anilines is 1. The summed E-state index contributed by atoms with van der Waals surface area (Å²) in [7, 11) is 0. The summed E-state index contributed by atoms with van der Waals surface area (Å²) in [6, 6.07) is 17.3. The Bertz CT molecular complexity index is 1460. The standard InChI is InChI=1S/C26H26N6O/c1-16-11-19(13-22-24(16)30-31-25(22)27)20-5-6-28-26-21(20)14-23(29-26)18-4-2-3-17(12-18)15-32-7-9-33-10-8-32/h2-6,11-14H,7-10,15H2,1H3,(H,28,29)(H3,27,30,31). The first-order valence-corrected chi connectivity index (χ1v) is 11.3. The van der Waals surface area contributed by atoms with Crippen LogP contribution in [0.15, 0.2) is 54.7 Å². The number of benzene rings is 2. The topological polar surface area (TPSA) is 95.8 Å². The van der Waals surface area contributed by atoms with Crippen molar-refractivity contribution in [3.05, 3.63) is 65.9 Å². The first kappa shape index (κ1) is 20.0. The molecule has 0 unspecified atom stereocenters. The number of nitrogens with one attached hydrogen (secondary N) is 2. The number of rotatable bonds is 4. The van der Waals surface area contributed by atoms with Gasteiger partial charge in [-0.2, -0.15) is 5.10 Å². The minimum atomic E-state index is 0.520. The first-order chi connectivity index (χ1) is 16.2. The number of pyridine rings is 1. The molecule has 166 valence electrons. The molecule has 0 atom stereocenters. The Morgan fingerprint density at radius 2 is 1.91 bits per heavy atom. The summed E-state index contributed by atoms with van der Waals surface area (Å²) in [5.41, 5.74) is 14.8. The van der Waals surface area contributed by atoms with Gasteiger partial charge >= 0.3 is 0 Å². The average Bonchev–Trinajstić information content (AvgIpc) is 3.44. The van der Waals surface area contributed by atoms with Gasteiger partial charge in [0.05, 0.1) is 18.7 Å². The van der Waals surface area contributed by atoms with E-state index >= 15 is 0 Å². The second-order valence-electron chi connectivity index (χ2n) is 8.72. The quantitative estimate of drug-likeness (QED) is 0.384. The third-order valence-corrected chi connectivity index (χ3v) is 6.49. The third kappa shape index (κ3) is 3.65. The van der Waals surface area contributed by atoms with Crippen molar-refractivity contribution in [1.29, 1.82) is 0 Å². The van der Waals surface area contributed by atoms with Crippen LogP contribution < -0.4 is 5.73 Å². The van der Waals surface area contributed by atoms with Gasteiger partial charge in [0.15, 0.2) is 5.82 Å². The normalized spacial score (nSPS) is 14.9. The van der Waals surface area contributed by atoms with Gasteiger partial charge in [-0.1, -0.05) is 18.2 Å². The van der Waals surface area contributed by atoms with Gasteiger partial charge in [-0.05, 0) is 65.1 Å². The second-order valence-corrected chi connectivity index (χ2v) is 8.72. The molecule has 0 radical (unpaired) electrons. The number of aromatic nitrogens is 4. The molecule has 1 aliphatic rings. The molecule has 6 rings (SSSR count). The summed E-state index contributed by atoms with van der Waals surface area (Å²) in [6.07, 6.45) is 1.85. The fraction of sp³-hybridized carbons (Fsp3) is 0.231. The van der Waals surface area contributed by atoms with Gasteiger partial charge in [0, 0.05) is 42.3 Å². The Kier molecular flexibility index (Phi) is 4.86. The van der Waals surface area contributed by atoms with Crippen molar-refractivity contribution >= 4 is 27.8 Å². The lowest BCUT2D eigenvalue weighted by Crippen LogP contribution is -2.35.